The van der Waals surface area contributed by atoms with Crippen LogP contribution in [0.2, 0.25) is 0 Å². The van der Waals surface area contributed by atoms with E-state index < -0.39 is 0 Å². The summed E-state index contributed by atoms with van der Waals surface area (Å²) in [5, 5.41) is 3.28. The molecule has 0 atom stereocenters. The van der Waals surface area contributed by atoms with E-state index in [2.05, 4.69) is 15.6 Å². The molecule has 4 heteroatoms. The topological polar surface area (TPSA) is 34.1 Å². The Morgan fingerprint density at radius 1 is 1.69 bits per heavy atom. The summed E-state index contributed by atoms with van der Waals surface area (Å²) >= 11 is 1.52. The fraction of sp³-hybridized carbons (Fsp3) is 0.444. The lowest BCUT2D eigenvalue weighted by atomic mass is 10.1. The molecule has 1 N–H and O–H groups in total. The lowest BCUT2D eigenvalue weighted by molar-refractivity contribution is 0.353. The predicted molar refractivity (Wildman–Crippen MR) is 51.9 cm³/mol. The minimum Gasteiger partial charge on any atom is -0.464 e. The summed E-state index contributed by atoms with van der Waals surface area (Å²) in [7, 11) is 0. The molecule has 1 aliphatic rings. The van der Waals surface area contributed by atoms with Crippen LogP contribution in [0.3, 0.4) is 0 Å². The molecule has 0 fully saturated rings. The van der Waals surface area contributed by atoms with Gasteiger partial charge in [0.25, 0.3) is 0 Å². The number of hydrogen-bond acceptors (Lipinski definition) is 4. The summed E-state index contributed by atoms with van der Waals surface area (Å²) in [4.78, 5) is 1.32. The maximum Gasteiger partial charge on any atom is 0.230 e. The number of aromatic nitrogens is 1. The average molecular weight is 194 g/mol. The van der Waals surface area contributed by atoms with Gasteiger partial charge >= 0.3 is 0 Å². The summed E-state index contributed by atoms with van der Waals surface area (Å²) in [5.41, 5.74) is 1.19. The van der Waals surface area contributed by atoms with Gasteiger partial charge in [-0.3, -0.25) is 0 Å². The summed E-state index contributed by atoms with van der Waals surface area (Å²) in [5.74, 6) is 3.15. The van der Waals surface area contributed by atoms with Gasteiger partial charge < -0.3 is 10.1 Å². The molecule has 1 aliphatic heterocycles. The van der Waals surface area contributed by atoms with Crippen LogP contribution in [0.5, 0.6) is 5.88 Å². The van der Waals surface area contributed by atoms with Crippen LogP contribution in [0.15, 0.2) is 0 Å². The van der Waals surface area contributed by atoms with Crippen LogP contribution in [0.25, 0.3) is 0 Å². The van der Waals surface area contributed by atoms with E-state index in [1.54, 1.807) is 0 Å². The summed E-state index contributed by atoms with van der Waals surface area (Å²) in [6.45, 7) is 2.19. The van der Waals surface area contributed by atoms with Crippen molar-refractivity contribution in [1.82, 2.24) is 9.69 Å². The highest BCUT2D eigenvalue weighted by Crippen LogP contribution is 2.27. The molecule has 1 aromatic rings. The molecule has 0 saturated heterocycles. The standard InChI is InChI=1S/C9H10N2OS/c1-2-5-12-9-7-6-10-4-3-8(7)13-11-9/h1,10H,3-6H2. The van der Waals surface area contributed by atoms with Crippen molar-refractivity contribution >= 4 is 11.5 Å². The summed E-state index contributed by atoms with van der Waals surface area (Å²) in [6, 6.07) is 0. The molecule has 68 valence electrons. The Morgan fingerprint density at radius 2 is 2.62 bits per heavy atom. The van der Waals surface area contributed by atoms with Crippen molar-refractivity contribution < 1.29 is 4.74 Å². The highest BCUT2D eigenvalue weighted by molar-refractivity contribution is 7.06. The normalized spacial score (nSPS) is 14.7. The Kier molecular flexibility index (Phi) is 2.48. The Morgan fingerprint density at radius 3 is 3.46 bits per heavy atom. The number of nitrogens with one attached hydrogen (secondary N) is 1. The van der Waals surface area contributed by atoms with Crippen LogP contribution in [0.1, 0.15) is 10.4 Å². The second-order valence-corrected chi connectivity index (χ2v) is 3.67. The summed E-state index contributed by atoms with van der Waals surface area (Å²) in [6.07, 6.45) is 6.15. The van der Waals surface area contributed by atoms with Gasteiger partial charge in [0, 0.05) is 23.5 Å². The van der Waals surface area contributed by atoms with Gasteiger partial charge in [-0.2, -0.15) is 4.37 Å². The molecule has 1 aromatic heterocycles. The molecule has 0 bridgehead atoms. The quantitative estimate of drug-likeness (QED) is 0.707. The van der Waals surface area contributed by atoms with Gasteiger partial charge in [0.2, 0.25) is 5.88 Å². The number of hydrogen-bond donors (Lipinski definition) is 1. The second kappa shape index (κ2) is 3.77. The van der Waals surface area contributed by atoms with Crippen molar-refractivity contribution in [3.63, 3.8) is 0 Å². The van der Waals surface area contributed by atoms with Gasteiger partial charge in [-0.25, -0.2) is 0 Å². The van der Waals surface area contributed by atoms with Crippen LogP contribution >= 0.6 is 11.5 Å². The second-order valence-electron chi connectivity index (χ2n) is 2.81. The van der Waals surface area contributed by atoms with Crippen LogP contribution in [0, 0.1) is 12.3 Å². The van der Waals surface area contributed by atoms with Crippen molar-refractivity contribution in [3.05, 3.63) is 10.4 Å². The van der Waals surface area contributed by atoms with E-state index in [1.807, 2.05) is 0 Å². The maximum atomic E-state index is 5.32. The van der Waals surface area contributed by atoms with Crippen molar-refractivity contribution in [2.45, 2.75) is 13.0 Å². The molecule has 2 rings (SSSR count). The van der Waals surface area contributed by atoms with Crippen LogP contribution in [-0.2, 0) is 13.0 Å². The van der Waals surface area contributed by atoms with E-state index in [9.17, 15) is 0 Å². The first-order chi connectivity index (χ1) is 6.42. The first kappa shape index (κ1) is 8.54. The Hall–Kier alpha value is -1.05. The lowest BCUT2D eigenvalue weighted by Gasteiger charge is -2.12. The van der Waals surface area contributed by atoms with E-state index in [4.69, 9.17) is 11.2 Å². The van der Waals surface area contributed by atoms with E-state index in [0.717, 1.165) is 19.5 Å². The van der Waals surface area contributed by atoms with E-state index in [0.29, 0.717) is 12.5 Å². The molecule has 2 heterocycles. The number of rotatable bonds is 2. The monoisotopic (exact) mass is 194 g/mol. The highest BCUT2D eigenvalue weighted by Gasteiger charge is 2.17. The fourth-order valence-electron chi connectivity index (χ4n) is 1.34. The zero-order valence-corrected chi connectivity index (χ0v) is 7.99. The molecule has 0 aromatic carbocycles. The summed E-state index contributed by atoms with van der Waals surface area (Å²) < 4.78 is 9.54. The zero-order valence-electron chi connectivity index (χ0n) is 7.17. The maximum absolute atomic E-state index is 5.32. The average Bonchev–Trinajstić information content (AvgIpc) is 2.58. The highest BCUT2D eigenvalue weighted by atomic mass is 32.1. The van der Waals surface area contributed by atoms with Gasteiger partial charge in [0.05, 0.1) is 0 Å². The third kappa shape index (κ3) is 1.67. The third-order valence-corrected chi connectivity index (χ3v) is 2.88. The van der Waals surface area contributed by atoms with Gasteiger partial charge in [-0.15, -0.1) is 6.42 Å². The van der Waals surface area contributed by atoms with Gasteiger partial charge in [-0.05, 0) is 18.0 Å². The first-order valence-corrected chi connectivity index (χ1v) is 4.93. The van der Waals surface area contributed by atoms with E-state index >= 15 is 0 Å². The van der Waals surface area contributed by atoms with E-state index in [1.165, 1.54) is 22.0 Å². The predicted octanol–water partition coefficient (Wildman–Crippen LogP) is 0.801. The Labute approximate surface area is 81.3 Å². The minimum atomic E-state index is 0.302. The molecule has 3 nitrogen and oxygen atoms in total. The Bertz CT molecular complexity index is 340. The number of terminal acetylenes is 1. The molecule has 0 amide bonds. The van der Waals surface area contributed by atoms with Crippen molar-refractivity contribution in [2.75, 3.05) is 13.2 Å². The number of fused-ring (bicyclic) bond motifs is 1. The number of nitrogens with zero attached hydrogens (tertiary/aromatic N) is 1. The first-order valence-electron chi connectivity index (χ1n) is 4.16. The minimum absolute atomic E-state index is 0.302. The molecule has 0 radical (unpaired) electrons. The third-order valence-electron chi connectivity index (χ3n) is 1.96. The van der Waals surface area contributed by atoms with Crippen molar-refractivity contribution in [1.29, 1.82) is 0 Å². The largest absolute Gasteiger partial charge is 0.464 e. The molecular weight excluding hydrogens is 184 g/mol. The molecule has 0 saturated carbocycles. The fourth-order valence-corrected chi connectivity index (χ4v) is 2.15. The zero-order chi connectivity index (χ0) is 9.10. The van der Waals surface area contributed by atoms with Gasteiger partial charge in [0.15, 0.2) is 6.61 Å². The lowest BCUT2D eigenvalue weighted by Crippen LogP contribution is -2.22. The van der Waals surface area contributed by atoms with Crippen LogP contribution in [-0.4, -0.2) is 17.5 Å². The van der Waals surface area contributed by atoms with Crippen molar-refractivity contribution in [3.8, 4) is 18.2 Å². The van der Waals surface area contributed by atoms with Gasteiger partial charge in [0.1, 0.15) is 0 Å². The molecule has 0 unspecified atom stereocenters. The Balaban J connectivity index is 2.18. The van der Waals surface area contributed by atoms with Crippen molar-refractivity contribution in [2.24, 2.45) is 0 Å². The van der Waals surface area contributed by atoms with Gasteiger partial charge in [-0.1, -0.05) is 5.92 Å². The molecule has 13 heavy (non-hydrogen) atoms. The number of ether oxygens (including phenoxy) is 1. The molecular formula is C9H10N2OS. The SMILES string of the molecule is C#CCOc1nsc2c1CNCC2. The van der Waals surface area contributed by atoms with E-state index in [-0.39, 0.29) is 0 Å². The molecule has 0 spiro atoms. The van der Waals surface area contributed by atoms with Crippen LogP contribution in [0.4, 0.5) is 0 Å². The van der Waals surface area contributed by atoms with Crippen LogP contribution < -0.4 is 10.1 Å². The molecule has 0 aliphatic carbocycles. The smallest absolute Gasteiger partial charge is 0.230 e.